The SMILES string of the molecule is CNC(=O)Nc1ccc2c(c1)CC[C@@H]2OC(=O)N(CO)CC(=O)N1Cc2ccccc2CC[C@H]1C(C)C. The van der Waals surface area contributed by atoms with Crippen LogP contribution in [-0.2, 0) is 28.9 Å². The fourth-order valence-electron chi connectivity index (χ4n) is 5.28. The van der Waals surface area contributed by atoms with Crippen LogP contribution in [0.4, 0.5) is 15.3 Å². The highest BCUT2D eigenvalue weighted by Gasteiger charge is 2.33. The minimum absolute atomic E-state index is 0.0377. The van der Waals surface area contributed by atoms with E-state index in [2.05, 4.69) is 30.5 Å². The van der Waals surface area contributed by atoms with E-state index in [9.17, 15) is 19.5 Å². The number of carbonyl (C=O) groups is 3. The molecule has 0 aromatic heterocycles. The van der Waals surface area contributed by atoms with Gasteiger partial charge in [0, 0.05) is 25.3 Å². The van der Waals surface area contributed by atoms with Crippen LogP contribution in [0.25, 0.3) is 0 Å². The summed E-state index contributed by atoms with van der Waals surface area (Å²) >= 11 is 0. The number of aliphatic hydroxyl groups is 1. The third kappa shape index (κ3) is 6.05. The highest BCUT2D eigenvalue weighted by molar-refractivity contribution is 5.89. The number of anilines is 1. The number of nitrogens with one attached hydrogen (secondary N) is 2. The number of carbonyl (C=O) groups excluding carboxylic acids is 3. The summed E-state index contributed by atoms with van der Waals surface area (Å²) in [7, 11) is 1.55. The summed E-state index contributed by atoms with van der Waals surface area (Å²) in [5.41, 5.74) is 4.87. The van der Waals surface area contributed by atoms with E-state index in [-0.39, 0.29) is 30.4 Å². The lowest BCUT2D eigenvalue weighted by molar-refractivity contribution is -0.137. The van der Waals surface area contributed by atoms with Gasteiger partial charge in [0.1, 0.15) is 19.4 Å². The molecule has 4 rings (SSSR count). The zero-order valence-electron chi connectivity index (χ0n) is 21.7. The summed E-state index contributed by atoms with van der Waals surface area (Å²) < 4.78 is 5.73. The molecule has 0 fully saturated rings. The summed E-state index contributed by atoms with van der Waals surface area (Å²) in [6.45, 7) is 3.82. The van der Waals surface area contributed by atoms with Crippen molar-refractivity contribution < 1.29 is 24.2 Å². The van der Waals surface area contributed by atoms with Crippen molar-refractivity contribution in [2.45, 2.75) is 58.2 Å². The molecule has 2 aromatic carbocycles. The topological polar surface area (TPSA) is 111 Å². The van der Waals surface area contributed by atoms with Crippen molar-refractivity contribution in [2.75, 3.05) is 25.6 Å². The Balaban J connectivity index is 1.43. The highest BCUT2D eigenvalue weighted by atomic mass is 16.6. The Hall–Kier alpha value is -3.59. The third-order valence-electron chi connectivity index (χ3n) is 7.31. The van der Waals surface area contributed by atoms with Gasteiger partial charge in [0.2, 0.25) is 5.91 Å². The molecule has 0 saturated heterocycles. The molecule has 3 N–H and O–H groups in total. The Kier molecular flexibility index (Phi) is 8.33. The van der Waals surface area contributed by atoms with Gasteiger partial charge >= 0.3 is 12.1 Å². The van der Waals surface area contributed by atoms with Crippen LogP contribution >= 0.6 is 0 Å². The van der Waals surface area contributed by atoms with Gasteiger partial charge < -0.3 is 25.4 Å². The van der Waals surface area contributed by atoms with Crippen LogP contribution in [0.1, 0.15) is 55.0 Å². The second kappa shape index (κ2) is 11.6. The lowest BCUT2D eigenvalue weighted by Crippen LogP contribution is -2.48. The van der Waals surface area contributed by atoms with Crippen LogP contribution in [-0.4, -0.2) is 59.3 Å². The van der Waals surface area contributed by atoms with Crippen molar-refractivity contribution in [3.63, 3.8) is 0 Å². The smallest absolute Gasteiger partial charge is 0.412 e. The largest absolute Gasteiger partial charge is 0.441 e. The molecule has 198 valence electrons. The molecular formula is C28H36N4O5. The minimum atomic E-state index is -0.724. The molecule has 0 radical (unpaired) electrons. The van der Waals surface area contributed by atoms with Crippen LogP contribution in [0, 0.1) is 5.92 Å². The van der Waals surface area contributed by atoms with E-state index >= 15 is 0 Å². The lowest BCUT2D eigenvalue weighted by atomic mass is 9.96. The molecule has 37 heavy (non-hydrogen) atoms. The number of rotatable bonds is 6. The van der Waals surface area contributed by atoms with Gasteiger partial charge in [0.05, 0.1) is 0 Å². The predicted octanol–water partition coefficient (Wildman–Crippen LogP) is 3.81. The zero-order valence-corrected chi connectivity index (χ0v) is 21.7. The number of hydrogen-bond acceptors (Lipinski definition) is 5. The number of aliphatic hydroxyl groups excluding tert-OH is 1. The molecule has 0 saturated carbocycles. The van der Waals surface area contributed by atoms with Crippen LogP contribution in [0.3, 0.4) is 0 Å². The van der Waals surface area contributed by atoms with Crippen molar-refractivity contribution in [1.82, 2.24) is 15.1 Å². The molecule has 9 nitrogen and oxygen atoms in total. The molecule has 1 aliphatic heterocycles. The predicted molar refractivity (Wildman–Crippen MR) is 140 cm³/mol. The van der Waals surface area contributed by atoms with Crippen molar-refractivity contribution in [1.29, 1.82) is 0 Å². The number of ether oxygens (including phenoxy) is 1. The van der Waals surface area contributed by atoms with Crippen molar-refractivity contribution in [3.05, 3.63) is 64.7 Å². The maximum Gasteiger partial charge on any atom is 0.412 e. The Morgan fingerprint density at radius 3 is 2.51 bits per heavy atom. The van der Waals surface area contributed by atoms with Crippen molar-refractivity contribution in [2.24, 2.45) is 5.92 Å². The van der Waals surface area contributed by atoms with E-state index in [4.69, 9.17) is 4.74 Å². The van der Waals surface area contributed by atoms with Gasteiger partial charge in [0.25, 0.3) is 0 Å². The van der Waals surface area contributed by atoms with Gasteiger partial charge in [-0.05, 0) is 66.0 Å². The molecule has 2 atom stereocenters. The highest BCUT2D eigenvalue weighted by Crippen LogP contribution is 2.36. The fourth-order valence-corrected chi connectivity index (χ4v) is 5.28. The zero-order chi connectivity index (χ0) is 26.5. The van der Waals surface area contributed by atoms with Crippen LogP contribution in [0.15, 0.2) is 42.5 Å². The summed E-state index contributed by atoms with van der Waals surface area (Å²) in [6, 6.07) is 13.3. The maximum absolute atomic E-state index is 13.5. The number of benzene rings is 2. The summed E-state index contributed by atoms with van der Waals surface area (Å²) in [6.07, 6.45) is 1.83. The first-order valence-corrected chi connectivity index (χ1v) is 12.8. The number of amides is 4. The van der Waals surface area contributed by atoms with Crippen LogP contribution < -0.4 is 10.6 Å². The third-order valence-corrected chi connectivity index (χ3v) is 7.31. The molecule has 0 bridgehead atoms. The summed E-state index contributed by atoms with van der Waals surface area (Å²) in [5.74, 6) is 0.0451. The van der Waals surface area contributed by atoms with Crippen molar-refractivity contribution >= 4 is 23.7 Å². The van der Waals surface area contributed by atoms with E-state index in [0.29, 0.717) is 25.1 Å². The van der Waals surface area contributed by atoms with Gasteiger partial charge in [-0.25, -0.2) is 9.59 Å². The lowest BCUT2D eigenvalue weighted by Gasteiger charge is -2.34. The second-order valence-corrected chi connectivity index (χ2v) is 10.0. The standard InChI is InChI=1S/C28H36N4O5/c1-18(2)24-12-8-19-6-4-5-7-21(19)15-32(24)26(34)16-31(17-33)28(36)37-25-13-9-20-14-22(10-11-23(20)25)30-27(35)29-3/h4-7,10-11,14,18,24-25,33H,8-9,12-13,15-17H2,1-3H3,(H2,29,30,35)/t24-,25-/m0/s1. The van der Waals surface area contributed by atoms with Gasteiger partial charge in [-0.2, -0.15) is 0 Å². The molecule has 1 aliphatic carbocycles. The Bertz CT molecular complexity index is 1150. The van der Waals surface area contributed by atoms with E-state index < -0.39 is 18.9 Å². The summed E-state index contributed by atoms with van der Waals surface area (Å²) in [4.78, 5) is 40.9. The van der Waals surface area contributed by atoms with Crippen LogP contribution in [0.5, 0.6) is 0 Å². The van der Waals surface area contributed by atoms with Crippen LogP contribution in [0.2, 0.25) is 0 Å². The number of urea groups is 1. The monoisotopic (exact) mass is 508 g/mol. The quantitative estimate of drug-likeness (QED) is 0.514. The van der Waals surface area contributed by atoms with Gasteiger partial charge in [-0.1, -0.05) is 44.2 Å². The fraction of sp³-hybridized carbons (Fsp3) is 0.464. The van der Waals surface area contributed by atoms with E-state index in [1.807, 2.05) is 35.2 Å². The number of hydrogen-bond donors (Lipinski definition) is 3. The summed E-state index contributed by atoms with van der Waals surface area (Å²) in [5, 5.41) is 15.2. The molecule has 0 unspecified atom stereocenters. The molecular weight excluding hydrogens is 472 g/mol. The normalized spacial score (nSPS) is 18.5. The first kappa shape index (κ1) is 26.5. The Morgan fingerprint density at radius 1 is 1.08 bits per heavy atom. The van der Waals surface area contributed by atoms with Gasteiger partial charge in [0.15, 0.2) is 0 Å². The average Bonchev–Trinajstić information content (AvgIpc) is 3.16. The average molecular weight is 509 g/mol. The molecule has 2 aromatic rings. The first-order valence-electron chi connectivity index (χ1n) is 12.8. The first-order chi connectivity index (χ1) is 17.8. The molecule has 4 amide bonds. The molecule has 9 heteroatoms. The number of nitrogens with zero attached hydrogens (tertiary/aromatic N) is 2. The van der Waals surface area contributed by atoms with Gasteiger partial charge in [-0.15, -0.1) is 0 Å². The Morgan fingerprint density at radius 2 is 1.81 bits per heavy atom. The van der Waals surface area contributed by atoms with E-state index in [0.717, 1.165) is 34.4 Å². The van der Waals surface area contributed by atoms with Crippen molar-refractivity contribution in [3.8, 4) is 0 Å². The Labute approximate surface area is 217 Å². The molecule has 1 heterocycles. The number of aryl methyl sites for hydroxylation is 2. The second-order valence-electron chi connectivity index (χ2n) is 10.0. The number of fused-ring (bicyclic) bond motifs is 2. The molecule has 2 aliphatic rings. The van der Waals surface area contributed by atoms with E-state index in [1.54, 1.807) is 13.1 Å². The van der Waals surface area contributed by atoms with E-state index in [1.165, 1.54) is 5.56 Å². The molecule has 0 spiro atoms. The maximum atomic E-state index is 13.5. The minimum Gasteiger partial charge on any atom is -0.441 e. The van der Waals surface area contributed by atoms with Gasteiger partial charge in [-0.3, -0.25) is 9.69 Å².